The van der Waals surface area contributed by atoms with E-state index in [0.29, 0.717) is 23.8 Å². The van der Waals surface area contributed by atoms with Crippen molar-refractivity contribution in [3.05, 3.63) is 29.3 Å². The Morgan fingerprint density at radius 3 is 2.61 bits per heavy atom. The molecule has 1 fully saturated rings. The molecule has 4 amide bonds. The molecular formula is C15H19ClN4O3. The van der Waals surface area contributed by atoms with Gasteiger partial charge >= 0.3 is 6.03 Å². The van der Waals surface area contributed by atoms with Crippen LogP contribution in [0.25, 0.3) is 0 Å². The van der Waals surface area contributed by atoms with Crippen molar-refractivity contribution >= 4 is 35.1 Å². The maximum atomic E-state index is 12.3. The number of imide groups is 1. The zero-order chi connectivity index (χ0) is 17.0. The monoisotopic (exact) mass is 338 g/mol. The van der Waals surface area contributed by atoms with Gasteiger partial charge in [-0.25, -0.2) is 4.79 Å². The van der Waals surface area contributed by atoms with E-state index < -0.39 is 6.04 Å². The lowest BCUT2D eigenvalue weighted by Gasteiger charge is -2.26. The first-order valence-electron chi connectivity index (χ1n) is 7.23. The molecule has 23 heavy (non-hydrogen) atoms. The molecule has 1 atom stereocenters. The Morgan fingerprint density at radius 1 is 1.39 bits per heavy atom. The summed E-state index contributed by atoms with van der Waals surface area (Å²) in [4.78, 5) is 38.6. The minimum Gasteiger partial charge on any atom is -0.336 e. The normalized spacial score (nSPS) is 15.5. The number of rotatable bonds is 5. The third-order valence-electron chi connectivity index (χ3n) is 3.66. The lowest BCUT2D eigenvalue weighted by atomic mass is 10.2. The quantitative estimate of drug-likeness (QED) is 0.844. The fraction of sp³-hybridized carbons (Fsp3) is 0.400. The van der Waals surface area contributed by atoms with Crippen molar-refractivity contribution < 1.29 is 14.4 Å². The highest BCUT2D eigenvalue weighted by Gasteiger charge is 2.31. The molecule has 0 aromatic heterocycles. The van der Waals surface area contributed by atoms with E-state index in [1.807, 2.05) is 0 Å². The maximum Gasteiger partial charge on any atom is 0.324 e. The van der Waals surface area contributed by atoms with E-state index in [-0.39, 0.29) is 24.4 Å². The van der Waals surface area contributed by atoms with Crippen molar-refractivity contribution in [2.75, 3.05) is 32.0 Å². The van der Waals surface area contributed by atoms with Crippen LogP contribution in [-0.4, -0.2) is 60.4 Å². The Bertz CT molecular complexity index is 605. The molecule has 124 valence electrons. The molecule has 0 spiro atoms. The van der Waals surface area contributed by atoms with Gasteiger partial charge in [0.15, 0.2) is 0 Å². The van der Waals surface area contributed by atoms with Crippen molar-refractivity contribution in [3.8, 4) is 0 Å². The Balaban J connectivity index is 1.88. The molecule has 2 N–H and O–H groups in total. The number of benzene rings is 1. The predicted molar refractivity (Wildman–Crippen MR) is 87.3 cm³/mol. The molecule has 1 aromatic carbocycles. The van der Waals surface area contributed by atoms with Gasteiger partial charge in [0, 0.05) is 23.8 Å². The Kier molecular flexibility index (Phi) is 5.57. The van der Waals surface area contributed by atoms with Gasteiger partial charge in [-0.15, -0.1) is 0 Å². The van der Waals surface area contributed by atoms with Crippen LogP contribution in [0.15, 0.2) is 24.3 Å². The van der Waals surface area contributed by atoms with Crippen molar-refractivity contribution in [3.63, 3.8) is 0 Å². The molecule has 0 saturated carbocycles. The molecule has 0 radical (unpaired) electrons. The summed E-state index contributed by atoms with van der Waals surface area (Å²) in [6, 6.07) is 5.79. The number of nitrogens with one attached hydrogen (secondary N) is 2. The Hall–Kier alpha value is -2.12. The van der Waals surface area contributed by atoms with Gasteiger partial charge in [0.2, 0.25) is 11.8 Å². The molecule has 1 saturated heterocycles. The van der Waals surface area contributed by atoms with Gasteiger partial charge in [-0.05, 0) is 38.2 Å². The van der Waals surface area contributed by atoms with E-state index in [9.17, 15) is 14.4 Å². The van der Waals surface area contributed by atoms with Crippen LogP contribution in [0, 0.1) is 0 Å². The summed E-state index contributed by atoms with van der Waals surface area (Å²) in [5.74, 6) is -0.567. The van der Waals surface area contributed by atoms with Gasteiger partial charge in [-0.2, -0.15) is 0 Å². The van der Waals surface area contributed by atoms with E-state index >= 15 is 0 Å². The first-order chi connectivity index (χ1) is 10.9. The molecule has 0 unspecified atom stereocenters. The third kappa shape index (κ3) is 4.43. The molecule has 0 bridgehead atoms. The van der Waals surface area contributed by atoms with E-state index in [0.717, 1.165) is 4.90 Å². The number of halogens is 1. The predicted octanol–water partition coefficient (Wildman–Crippen LogP) is 1.15. The average molecular weight is 339 g/mol. The lowest BCUT2D eigenvalue weighted by Crippen LogP contribution is -2.48. The van der Waals surface area contributed by atoms with E-state index in [1.165, 1.54) is 0 Å². The van der Waals surface area contributed by atoms with Crippen LogP contribution in [0.5, 0.6) is 0 Å². The summed E-state index contributed by atoms with van der Waals surface area (Å²) in [6.07, 6.45) is 0. The highest BCUT2D eigenvalue weighted by molar-refractivity contribution is 6.30. The van der Waals surface area contributed by atoms with Crippen molar-refractivity contribution in [1.82, 2.24) is 15.1 Å². The van der Waals surface area contributed by atoms with Gasteiger partial charge in [-0.3, -0.25) is 19.4 Å². The van der Waals surface area contributed by atoms with Crippen LogP contribution in [0.1, 0.15) is 6.92 Å². The summed E-state index contributed by atoms with van der Waals surface area (Å²) >= 11 is 5.79. The number of hydrogen-bond donors (Lipinski definition) is 2. The second-order valence-electron chi connectivity index (χ2n) is 5.37. The minimum atomic E-state index is -0.574. The fourth-order valence-electron chi connectivity index (χ4n) is 2.19. The van der Waals surface area contributed by atoms with Crippen LogP contribution < -0.4 is 10.6 Å². The largest absolute Gasteiger partial charge is 0.336 e. The molecule has 1 aliphatic heterocycles. The fourth-order valence-corrected chi connectivity index (χ4v) is 2.32. The molecule has 7 nitrogen and oxygen atoms in total. The minimum absolute atomic E-state index is 0.0327. The number of hydrogen-bond acceptors (Lipinski definition) is 4. The van der Waals surface area contributed by atoms with Crippen LogP contribution >= 0.6 is 11.6 Å². The number of amides is 4. The summed E-state index contributed by atoms with van der Waals surface area (Å²) in [7, 11) is 1.66. The average Bonchev–Trinajstić information content (AvgIpc) is 2.94. The second kappa shape index (κ2) is 7.43. The summed E-state index contributed by atoms with van der Waals surface area (Å²) in [6.45, 7) is 2.51. The highest BCUT2D eigenvalue weighted by Crippen LogP contribution is 2.13. The molecular weight excluding hydrogens is 320 g/mol. The van der Waals surface area contributed by atoms with Crippen molar-refractivity contribution in [2.45, 2.75) is 13.0 Å². The Morgan fingerprint density at radius 2 is 2.04 bits per heavy atom. The van der Waals surface area contributed by atoms with Crippen molar-refractivity contribution in [2.24, 2.45) is 0 Å². The molecule has 0 aliphatic carbocycles. The van der Waals surface area contributed by atoms with Crippen LogP contribution in [-0.2, 0) is 9.59 Å². The molecule has 1 aromatic rings. The van der Waals surface area contributed by atoms with Gasteiger partial charge in [0.05, 0.1) is 12.6 Å². The zero-order valence-electron chi connectivity index (χ0n) is 13.0. The second-order valence-corrected chi connectivity index (χ2v) is 5.80. The lowest BCUT2D eigenvalue weighted by molar-refractivity contribution is -0.132. The smallest absolute Gasteiger partial charge is 0.324 e. The first kappa shape index (κ1) is 17.2. The molecule has 8 heteroatoms. The molecule has 2 rings (SSSR count). The van der Waals surface area contributed by atoms with Gasteiger partial charge in [0.1, 0.15) is 0 Å². The number of anilines is 1. The number of carbonyl (C=O) groups excluding carboxylic acids is 3. The van der Waals surface area contributed by atoms with E-state index in [4.69, 9.17) is 11.6 Å². The van der Waals surface area contributed by atoms with Crippen LogP contribution in [0.4, 0.5) is 10.5 Å². The van der Waals surface area contributed by atoms with E-state index in [1.54, 1.807) is 43.1 Å². The van der Waals surface area contributed by atoms with Crippen LogP contribution in [0.2, 0.25) is 5.02 Å². The standard InChI is InChI=1S/C15H19ClN4O3/c1-10(14(22)20-8-7-17-15(20)23)19(2)9-13(21)18-12-5-3-11(16)4-6-12/h3-6,10H,7-9H2,1-2H3,(H,17,23)(H,18,21)/t10-/m0/s1. The summed E-state index contributed by atoms with van der Waals surface area (Å²) < 4.78 is 0. The number of likely N-dealkylation sites (N-methyl/N-ethyl adjacent to an activating group) is 1. The van der Waals surface area contributed by atoms with Gasteiger partial charge in [-0.1, -0.05) is 11.6 Å². The first-order valence-corrected chi connectivity index (χ1v) is 7.61. The zero-order valence-corrected chi connectivity index (χ0v) is 13.8. The third-order valence-corrected chi connectivity index (χ3v) is 3.91. The SMILES string of the molecule is C[C@@H](C(=O)N1CCNC1=O)N(C)CC(=O)Nc1ccc(Cl)cc1. The number of urea groups is 1. The number of carbonyl (C=O) groups is 3. The maximum absolute atomic E-state index is 12.3. The number of nitrogens with zero attached hydrogens (tertiary/aromatic N) is 2. The summed E-state index contributed by atoms with van der Waals surface area (Å²) in [5, 5.41) is 5.89. The topological polar surface area (TPSA) is 81.8 Å². The molecule has 1 aliphatic rings. The van der Waals surface area contributed by atoms with Crippen LogP contribution in [0.3, 0.4) is 0 Å². The highest BCUT2D eigenvalue weighted by atomic mass is 35.5. The van der Waals surface area contributed by atoms with Crippen molar-refractivity contribution in [1.29, 1.82) is 0 Å². The van der Waals surface area contributed by atoms with Gasteiger partial charge < -0.3 is 10.6 Å². The molecule has 1 heterocycles. The van der Waals surface area contributed by atoms with Gasteiger partial charge in [0.25, 0.3) is 0 Å². The summed E-state index contributed by atoms with van der Waals surface area (Å²) in [5.41, 5.74) is 0.630. The van der Waals surface area contributed by atoms with E-state index in [2.05, 4.69) is 10.6 Å². The Labute approximate surface area is 139 Å².